The minimum absolute atomic E-state index is 0.0305. The molecule has 1 heterocycles. The van der Waals surface area contributed by atoms with Crippen molar-refractivity contribution in [2.75, 3.05) is 18.0 Å². The number of amides is 2. The van der Waals surface area contributed by atoms with Gasteiger partial charge in [0.15, 0.2) is 0 Å². The topological polar surface area (TPSA) is 49.4 Å². The van der Waals surface area contributed by atoms with Crippen LogP contribution < -0.4 is 10.2 Å². The van der Waals surface area contributed by atoms with Crippen LogP contribution >= 0.6 is 0 Å². The van der Waals surface area contributed by atoms with Crippen molar-refractivity contribution in [3.8, 4) is 0 Å². The molecule has 112 valence electrons. The monoisotopic (exact) mass is 286 g/mol. The molecular formula is C17H22N2O2. The van der Waals surface area contributed by atoms with Crippen molar-refractivity contribution in [2.45, 2.75) is 32.6 Å². The van der Waals surface area contributed by atoms with Crippen molar-refractivity contribution in [3.05, 3.63) is 29.8 Å². The van der Waals surface area contributed by atoms with Crippen LogP contribution in [0.4, 0.5) is 5.69 Å². The third kappa shape index (κ3) is 3.26. The fourth-order valence-corrected chi connectivity index (χ4v) is 2.76. The first-order valence-electron chi connectivity index (χ1n) is 7.84. The highest BCUT2D eigenvalue weighted by atomic mass is 16.2. The number of aryl methyl sites for hydroxylation is 1. The second-order valence-corrected chi connectivity index (χ2v) is 6.11. The van der Waals surface area contributed by atoms with Crippen molar-refractivity contribution < 1.29 is 9.59 Å². The highest BCUT2D eigenvalue weighted by Gasteiger charge is 2.35. The average Bonchev–Trinajstić information content (AvgIpc) is 3.26. The Morgan fingerprint density at radius 2 is 2.00 bits per heavy atom. The van der Waals surface area contributed by atoms with Crippen LogP contribution in [0.3, 0.4) is 0 Å². The van der Waals surface area contributed by atoms with Gasteiger partial charge in [-0.2, -0.15) is 0 Å². The van der Waals surface area contributed by atoms with Crippen LogP contribution in [0.1, 0.15) is 31.7 Å². The summed E-state index contributed by atoms with van der Waals surface area (Å²) in [7, 11) is 0. The van der Waals surface area contributed by atoms with Gasteiger partial charge in [0.1, 0.15) is 0 Å². The van der Waals surface area contributed by atoms with E-state index >= 15 is 0 Å². The molecule has 2 amide bonds. The van der Waals surface area contributed by atoms with E-state index < -0.39 is 0 Å². The van der Waals surface area contributed by atoms with E-state index in [2.05, 4.69) is 12.2 Å². The number of carbonyl (C=O) groups is 2. The second-order valence-electron chi connectivity index (χ2n) is 6.11. The molecule has 1 saturated heterocycles. The van der Waals surface area contributed by atoms with Crippen LogP contribution in [0.25, 0.3) is 0 Å². The van der Waals surface area contributed by atoms with Crippen LogP contribution in [0, 0.1) is 11.8 Å². The van der Waals surface area contributed by atoms with Gasteiger partial charge in [-0.15, -0.1) is 0 Å². The van der Waals surface area contributed by atoms with E-state index in [4.69, 9.17) is 0 Å². The molecule has 2 aliphatic rings. The SMILES string of the molecule is CCc1ccc(N2CC(C(=O)NCC3CC3)CC2=O)cc1. The fraction of sp³-hybridized carbons (Fsp3) is 0.529. The van der Waals surface area contributed by atoms with E-state index in [-0.39, 0.29) is 17.7 Å². The molecule has 21 heavy (non-hydrogen) atoms. The number of benzene rings is 1. The van der Waals surface area contributed by atoms with Gasteiger partial charge in [-0.1, -0.05) is 19.1 Å². The largest absolute Gasteiger partial charge is 0.356 e. The zero-order valence-electron chi connectivity index (χ0n) is 12.5. The Bertz CT molecular complexity index is 534. The Kier molecular flexibility index (Phi) is 3.95. The van der Waals surface area contributed by atoms with Crippen molar-refractivity contribution >= 4 is 17.5 Å². The Balaban J connectivity index is 1.61. The lowest BCUT2D eigenvalue weighted by Crippen LogP contribution is -2.34. The summed E-state index contributed by atoms with van der Waals surface area (Å²) in [5, 5.41) is 2.98. The Morgan fingerprint density at radius 3 is 2.62 bits per heavy atom. The minimum Gasteiger partial charge on any atom is -0.356 e. The van der Waals surface area contributed by atoms with Crippen molar-refractivity contribution in [1.29, 1.82) is 0 Å². The molecular weight excluding hydrogens is 264 g/mol. The maximum absolute atomic E-state index is 12.1. The molecule has 2 fully saturated rings. The molecule has 0 radical (unpaired) electrons. The number of nitrogens with zero attached hydrogens (tertiary/aromatic N) is 1. The van der Waals surface area contributed by atoms with E-state index in [1.54, 1.807) is 4.90 Å². The lowest BCUT2D eigenvalue weighted by Gasteiger charge is -2.17. The Hall–Kier alpha value is -1.84. The third-order valence-electron chi connectivity index (χ3n) is 4.41. The first-order valence-corrected chi connectivity index (χ1v) is 7.84. The molecule has 1 aliphatic carbocycles. The number of carbonyl (C=O) groups excluding carboxylic acids is 2. The van der Waals surface area contributed by atoms with Gasteiger partial charge in [-0.05, 0) is 42.9 Å². The maximum Gasteiger partial charge on any atom is 0.227 e. The van der Waals surface area contributed by atoms with E-state index in [9.17, 15) is 9.59 Å². The summed E-state index contributed by atoms with van der Waals surface area (Å²) in [5.41, 5.74) is 2.15. The van der Waals surface area contributed by atoms with Crippen molar-refractivity contribution in [3.63, 3.8) is 0 Å². The van der Waals surface area contributed by atoms with Crippen molar-refractivity contribution in [2.24, 2.45) is 11.8 Å². The normalized spacial score (nSPS) is 21.7. The van der Waals surface area contributed by atoms with E-state index in [1.807, 2.05) is 24.3 Å². The number of hydrogen-bond donors (Lipinski definition) is 1. The predicted molar refractivity (Wildman–Crippen MR) is 82.0 cm³/mol. The summed E-state index contributed by atoms with van der Waals surface area (Å²) in [6, 6.07) is 8.04. The molecule has 1 unspecified atom stereocenters. The Labute approximate surface area is 125 Å². The van der Waals surface area contributed by atoms with Gasteiger partial charge >= 0.3 is 0 Å². The average molecular weight is 286 g/mol. The van der Waals surface area contributed by atoms with E-state index in [0.29, 0.717) is 18.9 Å². The summed E-state index contributed by atoms with van der Waals surface area (Å²) in [6.07, 6.45) is 3.76. The molecule has 1 atom stereocenters. The molecule has 4 nitrogen and oxygen atoms in total. The number of nitrogens with one attached hydrogen (secondary N) is 1. The van der Waals surface area contributed by atoms with E-state index in [0.717, 1.165) is 18.7 Å². The summed E-state index contributed by atoms with van der Waals surface area (Å²) < 4.78 is 0. The Morgan fingerprint density at radius 1 is 1.29 bits per heavy atom. The van der Waals surface area contributed by atoms with Gasteiger partial charge in [0.25, 0.3) is 0 Å². The van der Waals surface area contributed by atoms with Gasteiger partial charge in [0, 0.05) is 25.2 Å². The van der Waals surface area contributed by atoms with Crippen LogP contribution in [0.15, 0.2) is 24.3 Å². The molecule has 0 aromatic heterocycles. The highest BCUT2D eigenvalue weighted by molar-refractivity contribution is 6.00. The molecule has 0 spiro atoms. The lowest BCUT2D eigenvalue weighted by molar-refractivity contribution is -0.126. The van der Waals surface area contributed by atoms with Gasteiger partial charge in [0.2, 0.25) is 11.8 Å². The summed E-state index contributed by atoms with van der Waals surface area (Å²) in [6.45, 7) is 3.38. The van der Waals surface area contributed by atoms with Gasteiger partial charge in [-0.3, -0.25) is 9.59 Å². The first kappa shape index (κ1) is 14.1. The zero-order valence-corrected chi connectivity index (χ0v) is 12.5. The molecule has 1 saturated carbocycles. The van der Waals surface area contributed by atoms with Gasteiger partial charge in [-0.25, -0.2) is 0 Å². The highest BCUT2D eigenvalue weighted by Crippen LogP contribution is 2.29. The van der Waals surface area contributed by atoms with Crippen LogP contribution in [0.2, 0.25) is 0 Å². The van der Waals surface area contributed by atoms with E-state index in [1.165, 1.54) is 18.4 Å². The standard InChI is InChI=1S/C17H22N2O2/c1-2-12-5-7-15(8-6-12)19-11-14(9-16(19)20)17(21)18-10-13-3-4-13/h5-8,13-14H,2-4,9-11H2,1H3,(H,18,21). The van der Waals surface area contributed by atoms with Crippen LogP contribution in [-0.4, -0.2) is 24.9 Å². The second kappa shape index (κ2) is 5.88. The number of hydrogen-bond acceptors (Lipinski definition) is 2. The van der Waals surface area contributed by atoms with Gasteiger partial charge in [0.05, 0.1) is 5.92 Å². The molecule has 3 rings (SSSR count). The molecule has 1 aromatic rings. The predicted octanol–water partition coefficient (Wildman–Crippen LogP) is 2.13. The van der Waals surface area contributed by atoms with Crippen LogP contribution in [-0.2, 0) is 16.0 Å². The lowest BCUT2D eigenvalue weighted by atomic mass is 10.1. The third-order valence-corrected chi connectivity index (χ3v) is 4.41. The maximum atomic E-state index is 12.1. The molecule has 4 heteroatoms. The van der Waals surface area contributed by atoms with Gasteiger partial charge < -0.3 is 10.2 Å². The summed E-state index contributed by atoms with van der Waals surface area (Å²) in [4.78, 5) is 26.0. The summed E-state index contributed by atoms with van der Waals surface area (Å²) >= 11 is 0. The molecule has 1 aliphatic heterocycles. The smallest absolute Gasteiger partial charge is 0.227 e. The quantitative estimate of drug-likeness (QED) is 0.901. The molecule has 1 aromatic carbocycles. The number of anilines is 1. The zero-order chi connectivity index (χ0) is 14.8. The van der Waals surface area contributed by atoms with Crippen LogP contribution in [0.5, 0.6) is 0 Å². The molecule has 0 bridgehead atoms. The fourth-order valence-electron chi connectivity index (χ4n) is 2.76. The summed E-state index contributed by atoms with van der Waals surface area (Å²) in [5.74, 6) is 0.541. The minimum atomic E-state index is -0.206. The van der Waals surface area contributed by atoms with Crippen molar-refractivity contribution in [1.82, 2.24) is 5.32 Å². The number of rotatable bonds is 5. The first-order chi connectivity index (χ1) is 10.2. The molecule has 1 N–H and O–H groups in total.